The van der Waals surface area contributed by atoms with Crippen molar-refractivity contribution in [1.29, 1.82) is 0 Å². The number of rotatable bonds is 5. The predicted molar refractivity (Wildman–Crippen MR) is 208 cm³/mol. The van der Waals surface area contributed by atoms with Crippen molar-refractivity contribution in [2.45, 2.75) is 43.9 Å². The van der Waals surface area contributed by atoms with Crippen LogP contribution in [0.3, 0.4) is 0 Å². The summed E-state index contributed by atoms with van der Waals surface area (Å²) in [6.07, 6.45) is 8.60. The van der Waals surface area contributed by atoms with Crippen LogP contribution in [0.15, 0.2) is 140 Å². The minimum atomic E-state index is 0.401. The minimum absolute atomic E-state index is 0.401. The van der Waals surface area contributed by atoms with Crippen LogP contribution < -0.4 is 0 Å². The largest absolute Gasteiger partial charge is 0.309 e. The van der Waals surface area contributed by atoms with E-state index >= 15 is 0 Å². The van der Waals surface area contributed by atoms with E-state index in [0.717, 1.165) is 34.4 Å². The van der Waals surface area contributed by atoms with Crippen molar-refractivity contribution in [1.82, 2.24) is 19.5 Å². The quantitative estimate of drug-likeness (QED) is 0.185. The molecular formula is C47H38N4. The number of hydrogen-bond acceptors (Lipinski definition) is 3. The number of aromatic nitrogens is 4. The standard InChI is InChI=1S/C47H38N4/c1-2-9-34(10-3-1)44-48-45(36-15-14-33-8-4-5-11-35(33)25-36)50-46(49-44)37-16-21-43-41(26-37)40-12-6-7-13-42(40)51(43)39-19-17-38(18-20-39)47-27-30-22-31(28-47)24-32(23-30)29-47/h1-21,25-26,30-32H,22-24,27-29H2. The van der Waals surface area contributed by atoms with Crippen molar-refractivity contribution in [3.63, 3.8) is 0 Å². The third-order valence-electron chi connectivity index (χ3n) is 12.4. The molecular weight excluding hydrogens is 621 g/mol. The first-order valence-electron chi connectivity index (χ1n) is 18.6. The monoisotopic (exact) mass is 658 g/mol. The van der Waals surface area contributed by atoms with Gasteiger partial charge in [-0.25, -0.2) is 15.0 Å². The Bertz CT molecular complexity index is 2580. The highest BCUT2D eigenvalue weighted by Crippen LogP contribution is 2.60. The molecule has 2 heterocycles. The zero-order valence-electron chi connectivity index (χ0n) is 28.5. The Kier molecular flexibility index (Phi) is 6.40. The van der Waals surface area contributed by atoms with E-state index < -0.39 is 0 Å². The van der Waals surface area contributed by atoms with Crippen LogP contribution in [0.4, 0.5) is 0 Å². The number of benzene rings is 6. The van der Waals surface area contributed by atoms with Crippen LogP contribution in [0.2, 0.25) is 0 Å². The fraction of sp³-hybridized carbons (Fsp3) is 0.213. The van der Waals surface area contributed by atoms with Crippen LogP contribution >= 0.6 is 0 Å². The Labute approximate surface area is 297 Å². The molecule has 0 radical (unpaired) electrons. The van der Waals surface area contributed by atoms with Gasteiger partial charge >= 0.3 is 0 Å². The van der Waals surface area contributed by atoms with E-state index in [1.807, 2.05) is 18.2 Å². The Balaban J connectivity index is 1.03. The fourth-order valence-corrected chi connectivity index (χ4v) is 10.5. The highest BCUT2D eigenvalue weighted by atomic mass is 15.0. The third-order valence-corrected chi connectivity index (χ3v) is 12.4. The molecule has 4 nitrogen and oxygen atoms in total. The van der Waals surface area contributed by atoms with E-state index in [-0.39, 0.29) is 0 Å². The number of fused-ring (bicyclic) bond motifs is 4. The van der Waals surface area contributed by atoms with Crippen LogP contribution in [0.25, 0.3) is 72.4 Å². The van der Waals surface area contributed by atoms with Gasteiger partial charge in [-0.05, 0) is 120 Å². The fourth-order valence-electron chi connectivity index (χ4n) is 10.5. The molecule has 4 saturated carbocycles. The van der Waals surface area contributed by atoms with Crippen LogP contribution in [0, 0.1) is 17.8 Å². The van der Waals surface area contributed by atoms with Gasteiger partial charge in [0.25, 0.3) is 0 Å². The second-order valence-corrected chi connectivity index (χ2v) is 15.6. The number of hydrogen-bond donors (Lipinski definition) is 0. The van der Waals surface area contributed by atoms with Crippen LogP contribution in [-0.2, 0) is 5.41 Å². The average Bonchev–Trinajstić information content (AvgIpc) is 3.51. The minimum Gasteiger partial charge on any atom is -0.309 e. The first-order valence-corrected chi connectivity index (χ1v) is 18.6. The van der Waals surface area contributed by atoms with Crippen LogP contribution in [0.1, 0.15) is 44.1 Å². The Morgan fingerprint density at radius 2 is 1.02 bits per heavy atom. The van der Waals surface area contributed by atoms with E-state index in [4.69, 9.17) is 15.0 Å². The molecule has 0 spiro atoms. The molecule has 246 valence electrons. The molecule has 51 heavy (non-hydrogen) atoms. The second-order valence-electron chi connectivity index (χ2n) is 15.6. The molecule has 0 saturated heterocycles. The normalized spacial score (nSPS) is 22.3. The Morgan fingerprint density at radius 3 is 1.75 bits per heavy atom. The highest BCUT2D eigenvalue weighted by molar-refractivity contribution is 6.10. The van der Waals surface area contributed by atoms with Crippen molar-refractivity contribution in [3.05, 3.63) is 145 Å². The molecule has 4 heteroatoms. The molecule has 4 aliphatic rings. The van der Waals surface area contributed by atoms with Crippen molar-refractivity contribution in [2.24, 2.45) is 17.8 Å². The van der Waals surface area contributed by atoms with E-state index in [1.54, 1.807) is 5.56 Å². The van der Waals surface area contributed by atoms with Gasteiger partial charge in [-0.3, -0.25) is 0 Å². The molecule has 2 aromatic heterocycles. The number of nitrogens with zero attached hydrogens (tertiary/aromatic N) is 4. The molecule has 6 aromatic carbocycles. The first-order chi connectivity index (χ1) is 25.2. The van der Waals surface area contributed by atoms with E-state index in [2.05, 4.69) is 126 Å². The van der Waals surface area contributed by atoms with Gasteiger partial charge in [0.1, 0.15) is 0 Å². The third kappa shape index (κ3) is 4.76. The number of para-hydroxylation sites is 1. The lowest BCUT2D eigenvalue weighted by Crippen LogP contribution is -2.48. The summed E-state index contributed by atoms with van der Waals surface area (Å²) in [5.41, 5.74) is 8.51. The van der Waals surface area contributed by atoms with Gasteiger partial charge in [0, 0.05) is 33.2 Å². The van der Waals surface area contributed by atoms with E-state index in [9.17, 15) is 0 Å². The van der Waals surface area contributed by atoms with Crippen LogP contribution in [0.5, 0.6) is 0 Å². The topological polar surface area (TPSA) is 43.6 Å². The lowest BCUT2D eigenvalue weighted by atomic mass is 9.48. The maximum Gasteiger partial charge on any atom is 0.164 e. The summed E-state index contributed by atoms with van der Waals surface area (Å²) in [5.74, 6) is 4.85. The van der Waals surface area contributed by atoms with Gasteiger partial charge in [0.05, 0.1) is 11.0 Å². The SMILES string of the molecule is c1ccc(-c2nc(-c3ccc4ccccc4c3)nc(-c3ccc4c(c3)c3ccccc3n4-c3ccc(C45CC6CC(CC(C6)C4)C5)cc3)n2)cc1. The summed E-state index contributed by atoms with van der Waals surface area (Å²) in [6.45, 7) is 0. The lowest BCUT2D eigenvalue weighted by Gasteiger charge is -2.57. The van der Waals surface area contributed by atoms with Gasteiger partial charge in [0.2, 0.25) is 0 Å². The maximum absolute atomic E-state index is 5.12. The molecule has 0 aliphatic heterocycles. The molecule has 4 bridgehead atoms. The summed E-state index contributed by atoms with van der Waals surface area (Å²) in [6, 6.07) is 50.2. The van der Waals surface area contributed by atoms with E-state index in [1.165, 1.54) is 76.8 Å². The lowest BCUT2D eigenvalue weighted by molar-refractivity contribution is -0.00518. The van der Waals surface area contributed by atoms with Gasteiger partial charge in [-0.2, -0.15) is 0 Å². The highest BCUT2D eigenvalue weighted by Gasteiger charge is 2.51. The summed E-state index contributed by atoms with van der Waals surface area (Å²) in [5, 5.41) is 4.79. The summed E-state index contributed by atoms with van der Waals surface area (Å²) in [7, 11) is 0. The Hall–Kier alpha value is -5.61. The molecule has 0 N–H and O–H groups in total. The van der Waals surface area contributed by atoms with Gasteiger partial charge in [-0.15, -0.1) is 0 Å². The van der Waals surface area contributed by atoms with Gasteiger partial charge in [-0.1, -0.05) is 97.1 Å². The Morgan fingerprint density at radius 1 is 0.451 bits per heavy atom. The van der Waals surface area contributed by atoms with Crippen LogP contribution in [-0.4, -0.2) is 19.5 Å². The van der Waals surface area contributed by atoms with Crippen molar-refractivity contribution < 1.29 is 0 Å². The van der Waals surface area contributed by atoms with Crippen molar-refractivity contribution >= 4 is 32.6 Å². The summed E-state index contributed by atoms with van der Waals surface area (Å²) in [4.78, 5) is 15.2. The molecule has 4 fully saturated rings. The summed E-state index contributed by atoms with van der Waals surface area (Å²) < 4.78 is 2.43. The zero-order chi connectivity index (χ0) is 33.5. The molecule has 4 aliphatic carbocycles. The van der Waals surface area contributed by atoms with Gasteiger partial charge < -0.3 is 4.57 Å². The molecule has 8 aromatic rings. The van der Waals surface area contributed by atoms with E-state index in [0.29, 0.717) is 22.9 Å². The summed E-state index contributed by atoms with van der Waals surface area (Å²) >= 11 is 0. The molecule has 12 rings (SSSR count). The zero-order valence-corrected chi connectivity index (χ0v) is 28.5. The molecule has 0 amide bonds. The van der Waals surface area contributed by atoms with Crippen molar-refractivity contribution in [3.8, 4) is 39.9 Å². The predicted octanol–water partition coefficient (Wildman–Crippen LogP) is 11.6. The maximum atomic E-state index is 5.12. The smallest absolute Gasteiger partial charge is 0.164 e. The second kappa shape index (κ2) is 11.2. The van der Waals surface area contributed by atoms with Gasteiger partial charge in [0.15, 0.2) is 17.5 Å². The molecule has 0 unspecified atom stereocenters. The molecule has 0 atom stereocenters. The average molecular weight is 659 g/mol. The van der Waals surface area contributed by atoms with Crippen molar-refractivity contribution in [2.75, 3.05) is 0 Å². The first kappa shape index (κ1) is 29.2.